The van der Waals surface area contributed by atoms with Gasteiger partial charge in [0.1, 0.15) is 5.75 Å². The molecule has 3 aromatic rings. The Morgan fingerprint density at radius 3 is 2.55 bits per heavy atom. The number of nitrogens with one attached hydrogen (secondary N) is 1. The first-order valence-electron chi connectivity index (χ1n) is 6.95. The molecular weight excluding hydrogens is 276 g/mol. The normalized spacial score (nSPS) is 11.2. The maximum Gasteiger partial charge on any atom is 0.243 e. The van der Waals surface area contributed by atoms with Gasteiger partial charge in [-0.1, -0.05) is 30.3 Å². The zero-order chi connectivity index (χ0) is 15.5. The number of anilines is 1. The van der Waals surface area contributed by atoms with Crippen molar-refractivity contribution in [1.82, 2.24) is 9.97 Å². The summed E-state index contributed by atoms with van der Waals surface area (Å²) in [5, 5.41) is 16.2. The summed E-state index contributed by atoms with van der Waals surface area (Å²) < 4.78 is 0. The zero-order valence-corrected chi connectivity index (χ0v) is 12.4. The molecule has 0 aliphatic carbocycles. The first kappa shape index (κ1) is 14.0. The van der Waals surface area contributed by atoms with Crippen molar-refractivity contribution in [1.29, 1.82) is 0 Å². The molecule has 5 nitrogen and oxygen atoms in total. The summed E-state index contributed by atoms with van der Waals surface area (Å²) >= 11 is 0. The Bertz CT molecular complexity index is 838. The van der Waals surface area contributed by atoms with Gasteiger partial charge in [0, 0.05) is 17.0 Å². The molecule has 0 saturated carbocycles. The summed E-state index contributed by atoms with van der Waals surface area (Å²) in [4.78, 5) is 8.50. The van der Waals surface area contributed by atoms with E-state index in [1.54, 1.807) is 12.3 Å². The van der Waals surface area contributed by atoms with Gasteiger partial charge in [-0.05, 0) is 36.8 Å². The Morgan fingerprint density at radius 2 is 1.77 bits per heavy atom. The van der Waals surface area contributed by atoms with Crippen LogP contribution in [-0.4, -0.2) is 21.3 Å². The number of hydrogen-bond acceptors (Lipinski definition) is 5. The van der Waals surface area contributed by atoms with Gasteiger partial charge in [0.25, 0.3) is 0 Å². The molecule has 0 radical (unpaired) electrons. The summed E-state index contributed by atoms with van der Waals surface area (Å²) in [6.45, 7) is 3.81. The van der Waals surface area contributed by atoms with E-state index < -0.39 is 0 Å². The molecule has 0 spiro atoms. The number of aryl methyl sites for hydroxylation is 2. The van der Waals surface area contributed by atoms with E-state index in [2.05, 4.69) is 20.5 Å². The van der Waals surface area contributed by atoms with Gasteiger partial charge in [0.05, 0.1) is 6.21 Å². The molecule has 2 aromatic carbocycles. The van der Waals surface area contributed by atoms with Crippen LogP contribution in [0.2, 0.25) is 0 Å². The number of fused-ring (bicyclic) bond motifs is 1. The molecule has 5 heteroatoms. The fourth-order valence-corrected chi connectivity index (χ4v) is 2.35. The lowest BCUT2D eigenvalue weighted by molar-refractivity contribution is 0.475. The summed E-state index contributed by atoms with van der Waals surface area (Å²) in [5.41, 5.74) is 5.21. The summed E-state index contributed by atoms with van der Waals surface area (Å²) in [7, 11) is 0. The van der Waals surface area contributed by atoms with Crippen molar-refractivity contribution >= 4 is 22.9 Å². The Balaban J connectivity index is 1.91. The quantitative estimate of drug-likeness (QED) is 0.573. The monoisotopic (exact) mass is 292 g/mol. The van der Waals surface area contributed by atoms with Gasteiger partial charge in [0.2, 0.25) is 5.95 Å². The van der Waals surface area contributed by atoms with Crippen molar-refractivity contribution in [2.45, 2.75) is 13.8 Å². The third-order valence-electron chi connectivity index (χ3n) is 3.29. The van der Waals surface area contributed by atoms with Crippen molar-refractivity contribution in [3.63, 3.8) is 0 Å². The van der Waals surface area contributed by atoms with Crippen LogP contribution < -0.4 is 5.43 Å². The summed E-state index contributed by atoms with van der Waals surface area (Å²) in [6, 6.07) is 13.3. The van der Waals surface area contributed by atoms with Crippen molar-refractivity contribution in [3.8, 4) is 5.75 Å². The standard InChI is InChI=1S/C17H16N4O/c1-11-9-12(2)20-17(19-11)21-18-10-15-14-6-4-3-5-13(14)7-8-16(15)22/h3-10,22H,1-2H3,(H,19,20,21)/b18-10-. The molecule has 0 saturated heterocycles. The first-order chi connectivity index (χ1) is 10.6. The molecule has 22 heavy (non-hydrogen) atoms. The molecule has 1 aromatic heterocycles. The Hall–Kier alpha value is -2.95. The second-order valence-electron chi connectivity index (χ2n) is 5.06. The van der Waals surface area contributed by atoms with Gasteiger partial charge in [0.15, 0.2) is 0 Å². The van der Waals surface area contributed by atoms with Gasteiger partial charge in [-0.25, -0.2) is 15.4 Å². The van der Waals surface area contributed by atoms with Crippen LogP contribution in [0.3, 0.4) is 0 Å². The molecule has 0 atom stereocenters. The molecular formula is C17H16N4O. The molecule has 0 amide bonds. The lowest BCUT2D eigenvalue weighted by Crippen LogP contribution is -2.00. The molecule has 0 unspecified atom stereocenters. The van der Waals surface area contributed by atoms with E-state index in [0.29, 0.717) is 11.5 Å². The number of nitrogens with zero attached hydrogens (tertiary/aromatic N) is 3. The van der Waals surface area contributed by atoms with E-state index in [4.69, 9.17) is 0 Å². The van der Waals surface area contributed by atoms with Crippen LogP contribution in [0.5, 0.6) is 5.75 Å². The van der Waals surface area contributed by atoms with Crippen molar-refractivity contribution in [3.05, 3.63) is 59.4 Å². The number of phenols is 1. The number of aromatic hydroxyl groups is 1. The highest BCUT2D eigenvalue weighted by molar-refractivity contribution is 6.02. The van der Waals surface area contributed by atoms with Crippen molar-refractivity contribution < 1.29 is 5.11 Å². The third-order valence-corrected chi connectivity index (χ3v) is 3.29. The Kier molecular flexibility index (Phi) is 3.70. The smallest absolute Gasteiger partial charge is 0.243 e. The van der Waals surface area contributed by atoms with Crippen LogP contribution >= 0.6 is 0 Å². The van der Waals surface area contributed by atoms with Gasteiger partial charge in [-0.15, -0.1) is 0 Å². The molecule has 0 bridgehead atoms. The van der Waals surface area contributed by atoms with Crippen LogP contribution in [0, 0.1) is 13.8 Å². The van der Waals surface area contributed by atoms with E-state index in [9.17, 15) is 5.11 Å². The lowest BCUT2D eigenvalue weighted by atomic mass is 10.0. The molecule has 3 rings (SSSR count). The number of rotatable bonds is 3. The van der Waals surface area contributed by atoms with Crippen molar-refractivity contribution in [2.24, 2.45) is 5.10 Å². The van der Waals surface area contributed by atoms with Crippen LogP contribution in [-0.2, 0) is 0 Å². The predicted molar refractivity (Wildman–Crippen MR) is 88.3 cm³/mol. The molecule has 2 N–H and O–H groups in total. The number of hydrazone groups is 1. The minimum absolute atomic E-state index is 0.186. The van der Waals surface area contributed by atoms with Gasteiger partial charge < -0.3 is 5.11 Å². The van der Waals surface area contributed by atoms with E-state index in [1.165, 1.54) is 0 Å². The van der Waals surface area contributed by atoms with E-state index >= 15 is 0 Å². The summed E-state index contributed by atoms with van der Waals surface area (Å²) in [6.07, 6.45) is 1.58. The van der Waals surface area contributed by atoms with E-state index in [1.807, 2.05) is 50.2 Å². The van der Waals surface area contributed by atoms with Crippen LogP contribution in [0.1, 0.15) is 17.0 Å². The second-order valence-corrected chi connectivity index (χ2v) is 5.06. The fourth-order valence-electron chi connectivity index (χ4n) is 2.35. The van der Waals surface area contributed by atoms with E-state index in [0.717, 1.165) is 22.2 Å². The minimum Gasteiger partial charge on any atom is -0.507 e. The molecule has 110 valence electrons. The van der Waals surface area contributed by atoms with Gasteiger partial charge >= 0.3 is 0 Å². The average Bonchev–Trinajstić information content (AvgIpc) is 2.48. The van der Waals surface area contributed by atoms with Crippen LogP contribution in [0.25, 0.3) is 10.8 Å². The Labute approximate surface area is 128 Å². The SMILES string of the molecule is Cc1cc(C)nc(N/N=C\c2c(O)ccc3ccccc23)n1. The predicted octanol–water partition coefficient (Wildman–Crippen LogP) is 3.40. The highest BCUT2D eigenvalue weighted by Crippen LogP contribution is 2.25. The highest BCUT2D eigenvalue weighted by atomic mass is 16.3. The van der Waals surface area contributed by atoms with Crippen LogP contribution in [0.4, 0.5) is 5.95 Å². The maximum absolute atomic E-state index is 10.0. The molecule has 0 fully saturated rings. The van der Waals surface area contributed by atoms with Crippen molar-refractivity contribution in [2.75, 3.05) is 5.43 Å². The molecule has 1 heterocycles. The number of hydrogen-bond donors (Lipinski definition) is 2. The average molecular weight is 292 g/mol. The minimum atomic E-state index is 0.186. The molecule has 0 aliphatic rings. The third kappa shape index (κ3) is 2.88. The fraction of sp³-hybridized carbons (Fsp3) is 0.118. The number of benzene rings is 2. The number of phenolic OH excluding ortho intramolecular Hbond substituents is 1. The van der Waals surface area contributed by atoms with Gasteiger partial charge in [-0.3, -0.25) is 0 Å². The Morgan fingerprint density at radius 1 is 1.05 bits per heavy atom. The second kappa shape index (κ2) is 5.81. The highest BCUT2D eigenvalue weighted by Gasteiger charge is 2.04. The lowest BCUT2D eigenvalue weighted by Gasteiger charge is -2.05. The zero-order valence-electron chi connectivity index (χ0n) is 12.4. The summed E-state index contributed by atoms with van der Waals surface area (Å²) in [5.74, 6) is 0.624. The maximum atomic E-state index is 10.0. The van der Waals surface area contributed by atoms with Gasteiger partial charge in [-0.2, -0.15) is 5.10 Å². The largest absolute Gasteiger partial charge is 0.507 e. The number of aromatic nitrogens is 2. The van der Waals surface area contributed by atoms with E-state index in [-0.39, 0.29) is 5.75 Å². The first-order valence-corrected chi connectivity index (χ1v) is 6.95. The van der Waals surface area contributed by atoms with Crippen LogP contribution in [0.15, 0.2) is 47.6 Å². The topological polar surface area (TPSA) is 70.4 Å². The molecule has 0 aliphatic heterocycles.